The quantitative estimate of drug-likeness (QED) is 0.658. The van der Waals surface area contributed by atoms with Gasteiger partial charge in [0.05, 0.1) is 27.6 Å². The first-order valence-electron chi connectivity index (χ1n) is 7.49. The normalized spacial score (nSPS) is 10.5. The lowest BCUT2D eigenvalue weighted by molar-refractivity contribution is 0.0457. The topological polar surface area (TPSA) is 85.0 Å². The number of para-hydroxylation sites is 1. The predicted octanol–water partition coefficient (Wildman–Crippen LogP) is 3.07. The molecule has 3 rings (SSSR count). The van der Waals surface area contributed by atoms with Crippen molar-refractivity contribution in [2.45, 2.75) is 13.2 Å². The van der Waals surface area contributed by atoms with Gasteiger partial charge < -0.3 is 4.74 Å². The Morgan fingerprint density at radius 1 is 1.31 bits per heavy atom. The third kappa shape index (κ3) is 3.41. The highest BCUT2D eigenvalue weighted by molar-refractivity contribution is 6.33. The van der Waals surface area contributed by atoms with Crippen LogP contribution in [0.5, 0.6) is 0 Å². The van der Waals surface area contributed by atoms with Gasteiger partial charge in [-0.15, -0.1) is 0 Å². The van der Waals surface area contributed by atoms with Gasteiger partial charge in [0.25, 0.3) is 5.56 Å². The van der Waals surface area contributed by atoms with Gasteiger partial charge in [-0.05, 0) is 30.3 Å². The highest BCUT2D eigenvalue weighted by atomic mass is 35.5. The molecule has 0 aliphatic rings. The number of esters is 1. The Morgan fingerprint density at radius 3 is 2.81 bits per heavy atom. The second-order valence-electron chi connectivity index (χ2n) is 5.29. The van der Waals surface area contributed by atoms with E-state index in [1.807, 2.05) is 6.07 Å². The van der Waals surface area contributed by atoms with Gasteiger partial charge >= 0.3 is 5.97 Å². The minimum atomic E-state index is -0.791. The Kier molecular flexibility index (Phi) is 4.96. The number of hydrogen-bond donors (Lipinski definition) is 0. The first-order valence-corrected chi connectivity index (χ1v) is 7.86. The summed E-state index contributed by atoms with van der Waals surface area (Å²) in [7, 11) is 0. The summed E-state index contributed by atoms with van der Waals surface area (Å²) in [6.07, 6.45) is 0. The lowest BCUT2D eigenvalue weighted by Crippen LogP contribution is -2.26. The number of nitrogens with zero attached hydrogens (tertiary/aromatic N) is 3. The number of halogens is 2. The molecule has 26 heavy (non-hydrogen) atoms. The third-order valence-corrected chi connectivity index (χ3v) is 3.97. The minimum absolute atomic E-state index is 0.0111. The molecule has 0 saturated heterocycles. The second kappa shape index (κ2) is 7.33. The summed E-state index contributed by atoms with van der Waals surface area (Å²) in [5.41, 5.74) is 0.0172. The molecule has 1 aromatic heterocycles. The largest absolute Gasteiger partial charge is 0.454 e. The molecule has 0 aliphatic carbocycles. The SMILES string of the molecule is N#CCn1c(COC(=O)c2ccc(F)cc2Cl)nc2ccccc2c1=O. The van der Waals surface area contributed by atoms with Crippen molar-refractivity contribution >= 4 is 28.5 Å². The summed E-state index contributed by atoms with van der Waals surface area (Å²) in [4.78, 5) is 29.0. The zero-order valence-corrected chi connectivity index (χ0v) is 14.0. The molecule has 0 saturated carbocycles. The number of rotatable bonds is 4. The lowest BCUT2D eigenvalue weighted by Gasteiger charge is -2.11. The Hall–Kier alpha value is -3.24. The average molecular weight is 372 g/mol. The maximum absolute atomic E-state index is 13.1. The maximum atomic E-state index is 13.1. The summed E-state index contributed by atoms with van der Waals surface area (Å²) in [6, 6.07) is 11.8. The Balaban J connectivity index is 1.93. The molecule has 130 valence electrons. The van der Waals surface area contributed by atoms with Crippen LogP contribution in [-0.4, -0.2) is 15.5 Å². The Bertz CT molecular complexity index is 1110. The van der Waals surface area contributed by atoms with E-state index in [4.69, 9.17) is 21.6 Å². The van der Waals surface area contributed by atoms with Crippen LogP contribution in [-0.2, 0) is 17.9 Å². The smallest absolute Gasteiger partial charge is 0.340 e. The van der Waals surface area contributed by atoms with Crippen molar-refractivity contribution < 1.29 is 13.9 Å². The van der Waals surface area contributed by atoms with Crippen molar-refractivity contribution in [3.8, 4) is 6.07 Å². The number of hydrogen-bond acceptors (Lipinski definition) is 5. The first-order chi connectivity index (χ1) is 12.5. The molecule has 2 aromatic carbocycles. The van der Waals surface area contributed by atoms with Crippen LogP contribution >= 0.6 is 11.6 Å². The molecule has 8 heteroatoms. The van der Waals surface area contributed by atoms with Gasteiger partial charge in [0.15, 0.2) is 5.82 Å². The zero-order valence-electron chi connectivity index (χ0n) is 13.3. The van der Waals surface area contributed by atoms with E-state index < -0.39 is 17.3 Å². The van der Waals surface area contributed by atoms with Gasteiger partial charge in [0.1, 0.15) is 19.0 Å². The van der Waals surface area contributed by atoms with E-state index in [1.54, 1.807) is 24.3 Å². The first kappa shape index (κ1) is 17.6. The van der Waals surface area contributed by atoms with Crippen molar-refractivity contribution in [1.82, 2.24) is 9.55 Å². The summed E-state index contributed by atoms with van der Waals surface area (Å²) < 4.78 is 19.4. The third-order valence-electron chi connectivity index (χ3n) is 3.65. The van der Waals surface area contributed by atoms with Crippen molar-refractivity contribution in [1.29, 1.82) is 5.26 Å². The molecule has 0 N–H and O–H groups in total. The fourth-order valence-corrected chi connectivity index (χ4v) is 2.67. The Morgan fingerprint density at radius 2 is 2.08 bits per heavy atom. The van der Waals surface area contributed by atoms with Crippen molar-refractivity contribution in [2.24, 2.45) is 0 Å². The molecule has 3 aromatic rings. The van der Waals surface area contributed by atoms with Crippen LogP contribution in [0.15, 0.2) is 47.3 Å². The summed E-state index contributed by atoms with van der Waals surface area (Å²) >= 11 is 5.84. The number of nitriles is 1. The lowest BCUT2D eigenvalue weighted by atomic mass is 10.2. The fraction of sp³-hybridized carbons (Fsp3) is 0.111. The molecule has 0 spiro atoms. The van der Waals surface area contributed by atoms with E-state index in [9.17, 15) is 14.0 Å². The van der Waals surface area contributed by atoms with Gasteiger partial charge in [-0.1, -0.05) is 23.7 Å². The van der Waals surface area contributed by atoms with Crippen molar-refractivity contribution in [3.63, 3.8) is 0 Å². The van der Waals surface area contributed by atoms with E-state index in [2.05, 4.69) is 4.98 Å². The van der Waals surface area contributed by atoms with Crippen LogP contribution in [0, 0.1) is 17.1 Å². The number of fused-ring (bicyclic) bond motifs is 1. The molecule has 0 unspecified atom stereocenters. The van der Waals surface area contributed by atoms with Crippen LogP contribution in [0.4, 0.5) is 4.39 Å². The molecule has 0 atom stereocenters. The Labute approximate surface area is 152 Å². The van der Waals surface area contributed by atoms with Gasteiger partial charge in [-0.3, -0.25) is 9.36 Å². The molecule has 0 fully saturated rings. The average Bonchev–Trinajstić information content (AvgIpc) is 2.62. The van der Waals surface area contributed by atoms with E-state index in [0.29, 0.717) is 10.9 Å². The van der Waals surface area contributed by atoms with Gasteiger partial charge in [-0.25, -0.2) is 14.2 Å². The van der Waals surface area contributed by atoms with E-state index >= 15 is 0 Å². The van der Waals surface area contributed by atoms with Crippen LogP contribution in [0.2, 0.25) is 5.02 Å². The molecule has 1 heterocycles. The standard InChI is InChI=1S/C18H11ClFN3O3/c19-14-9-11(20)5-6-12(14)18(25)26-10-16-22-15-4-2-1-3-13(15)17(24)23(16)8-7-21/h1-6,9H,8,10H2. The van der Waals surface area contributed by atoms with Crippen molar-refractivity contribution in [3.05, 3.63) is 75.0 Å². The van der Waals surface area contributed by atoms with E-state index in [0.717, 1.165) is 16.7 Å². The maximum Gasteiger partial charge on any atom is 0.340 e. The number of carbonyl (C=O) groups is 1. The summed E-state index contributed by atoms with van der Waals surface area (Å²) in [5, 5.41) is 9.23. The summed E-state index contributed by atoms with van der Waals surface area (Å²) in [5.74, 6) is -1.24. The minimum Gasteiger partial charge on any atom is -0.454 e. The number of ether oxygens (including phenoxy) is 1. The van der Waals surface area contributed by atoms with E-state index in [1.165, 1.54) is 6.07 Å². The number of carbonyl (C=O) groups excluding carboxylic acids is 1. The monoisotopic (exact) mass is 371 g/mol. The van der Waals surface area contributed by atoms with Crippen LogP contribution in [0.25, 0.3) is 10.9 Å². The highest BCUT2D eigenvalue weighted by Crippen LogP contribution is 2.19. The zero-order chi connectivity index (χ0) is 18.7. The predicted molar refractivity (Wildman–Crippen MR) is 92.1 cm³/mol. The van der Waals surface area contributed by atoms with Crippen LogP contribution < -0.4 is 5.56 Å². The molecular weight excluding hydrogens is 361 g/mol. The second-order valence-corrected chi connectivity index (χ2v) is 5.70. The highest BCUT2D eigenvalue weighted by Gasteiger charge is 2.16. The van der Waals surface area contributed by atoms with Gasteiger partial charge in [0.2, 0.25) is 0 Å². The van der Waals surface area contributed by atoms with Gasteiger partial charge in [0, 0.05) is 0 Å². The molecule has 6 nitrogen and oxygen atoms in total. The number of benzene rings is 2. The molecule has 0 amide bonds. The molecule has 0 radical (unpaired) electrons. The van der Waals surface area contributed by atoms with Crippen molar-refractivity contribution in [2.75, 3.05) is 0 Å². The van der Waals surface area contributed by atoms with Gasteiger partial charge in [-0.2, -0.15) is 5.26 Å². The summed E-state index contributed by atoms with van der Waals surface area (Å²) in [6.45, 7) is -0.574. The molecule has 0 bridgehead atoms. The molecule has 0 aliphatic heterocycles. The van der Waals surface area contributed by atoms with Crippen LogP contribution in [0.3, 0.4) is 0 Å². The van der Waals surface area contributed by atoms with Crippen LogP contribution in [0.1, 0.15) is 16.2 Å². The molecular formula is C18H11ClFN3O3. The fourth-order valence-electron chi connectivity index (χ4n) is 2.42. The van der Waals surface area contributed by atoms with E-state index in [-0.39, 0.29) is 29.6 Å². The number of aromatic nitrogens is 2.